The highest BCUT2D eigenvalue weighted by molar-refractivity contribution is 4.51. The Morgan fingerprint density at radius 1 is 1.42 bits per heavy atom. The van der Waals surface area contributed by atoms with Crippen LogP contribution in [-0.2, 0) is 9.47 Å². The molecule has 0 amide bonds. The van der Waals surface area contributed by atoms with Gasteiger partial charge in [-0.05, 0) is 6.42 Å². The summed E-state index contributed by atoms with van der Waals surface area (Å²) in [7, 11) is 0. The molecule has 1 aliphatic rings. The van der Waals surface area contributed by atoms with E-state index in [4.69, 9.17) is 9.47 Å². The van der Waals surface area contributed by atoms with Crippen LogP contribution in [-0.4, -0.2) is 31.0 Å². The lowest BCUT2D eigenvalue weighted by Gasteiger charge is -2.22. The first kappa shape index (κ1) is 9.41. The molecule has 0 atom stereocenters. The van der Waals surface area contributed by atoms with Crippen LogP contribution < -0.4 is 0 Å². The third-order valence-corrected chi connectivity index (χ3v) is 1.68. The van der Waals surface area contributed by atoms with Gasteiger partial charge in [0.2, 0.25) is 6.54 Å². The molecule has 0 N–H and O–H groups in total. The summed E-state index contributed by atoms with van der Waals surface area (Å²) >= 11 is 0. The van der Waals surface area contributed by atoms with E-state index in [0.717, 1.165) is 6.42 Å². The van der Waals surface area contributed by atoms with E-state index in [2.05, 4.69) is 0 Å². The van der Waals surface area contributed by atoms with Gasteiger partial charge >= 0.3 is 0 Å². The van der Waals surface area contributed by atoms with Crippen LogP contribution in [0.2, 0.25) is 0 Å². The molecule has 0 saturated carbocycles. The highest BCUT2D eigenvalue weighted by atomic mass is 16.7. The lowest BCUT2D eigenvalue weighted by atomic mass is 10.3. The Labute approximate surface area is 70.8 Å². The van der Waals surface area contributed by atoms with Gasteiger partial charge in [-0.2, -0.15) is 0 Å². The summed E-state index contributed by atoms with van der Waals surface area (Å²) in [6.45, 7) is 1.43. The minimum absolute atomic E-state index is 0.00319. The molecule has 0 aromatic carbocycles. The summed E-state index contributed by atoms with van der Waals surface area (Å²) < 4.78 is 10.4. The normalized spacial score (nSPS) is 19.3. The molecule has 70 valence electrons. The second-order valence-corrected chi connectivity index (χ2v) is 2.72. The molecule has 0 radical (unpaired) electrons. The van der Waals surface area contributed by atoms with E-state index in [1.165, 1.54) is 0 Å². The van der Waals surface area contributed by atoms with Crippen LogP contribution in [0.25, 0.3) is 0 Å². The van der Waals surface area contributed by atoms with Crippen LogP contribution in [0.3, 0.4) is 0 Å². The number of ether oxygens (including phenoxy) is 2. The van der Waals surface area contributed by atoms with Crippen molar-refractivity contribution in [1.82, 2.24) is 0 Å². The minimum Gasteiger partial charge on any atom is -0.353 e. The topological polar surface area (TPSA) is 61.6 Å². The summed E-state index contributed by atoms with van der Waals surface area (Å²) in [6.07, 6.45) is 1.86. The standard InChI is InChI=1S/C7H13NO4/c9-8(10)4-1-3-7-11-5-2-6-12-7/h7H,1-6H2. The van der Waals surface area contributed by atoms with E-state index in [0.29, 0.717) is 26.1 Å². The van der Waals surface area contributed by atoms with Gasteiger partial charge in [-0.15, -0.1) is 0 Å². The monoisotopic (exact) mass is 175 g/mol. The first-order chi connectivity index (χ1) is 5.79. The third kappa shape index (κ3) is 3.64. The van der Waals surface area contributed by atoms with Gasteiger partial charge in [-0.1, -0.05) is 0 Å². The minimum atomic E-state index is -0.317. The fourth-order valence-electron chi connectivity index (χ4n) is 1.09. The van der Waals surface area contributed by atoms with E-state index in [1.54, 1.807) is 0 Å². The van der Waals surface area contributed by atoms with Gasteiger partial charge in [0.25, 0.3) is 0 Å². The molecule has 1 heterocycles. The van der Waals surface area contributed by atoms with Gasteiger partial charge in [-0.3, -0.25) is 10.1 Å². The smallest absolute Gasteiger partial charge is 0.204 e. The zero-order valence-electron chi connectivity index (χ0n) is 6.90. The molecule has 1 aliphatic heterocycles. The number of hydrogen-bond acceptors (Lipinski definition) is 4. The second kappa shape index (κ2) is 5.05. The van der Waals surface area contributed by atoms with Crippen molar-refractivity contribution in [3.05, 3.63) is 10.1 Å². The van der Waals surface area contributed by atoms with E-state index in [-0.39, 0.29) is 17.8 Å². The molecule has 0 spiro atoms. The molecule has 0 aromatic rings. The second-order valence-electron chi connectivity index (χ2n) is 2.72. The van der Waals surface area contributed by atoms with Gasteiger partial charge in [-0.25, -0.2) is 0 Å². The molecule has 5 nitrogen and oxygen atoms in total. The van der Waals surface area contributed by atoms with E-state index in [1.807, 2.05) is 0 Å². The maximum Gasteiger partial charge on any atom is 0.204 e. The summed E-state index contributed by atoms with van der Waals surface area (Å²) in [4.78, 5) is 9.65. The Balaban J connectivity index is 2.01. The van der Waals surface area contributed by atoms with E-state index >= 15 is 0 Å². The van der Waals surface area contributed by atoms with Gasteiger partial charge < -0.3 is 9.47 Å². The summed E-state index contributed by atoms with van der Waals surface area (Å²) in [5.74, 6) is 0. The summed E-state index contributed by atoms with van der Waals surface area (Å²) in [5.41, 5.74) is 0. The Kier molecular flexibility index (Phi) is 3.96. The van der Waals surface area contributed by atoms with Crippen molar-refractivity contribution < 1.29 is 14.4 Å². The highest BCUT2D eigenvalue weighted by Gasteiger charge is 2.14. The van der Waals surface area contributed by atoms with Crippen LogP contribution in [0.4, 0.5) is 0 Å². The third-order valence-electron chi connectivity index (χ3n) is 1.68. The zero-order valence-corrected chi connectivity index (χ0v) is 6.90. The highest BCUT2D eigenvalue weighted by Crippen LogP contribution is 2.09. The molecular weight excluding hydrogens is 162 g/mol. The van der Waals surface area contributed by atoms with Gasteiger partial charge in [0, 0.05) is 17.8 Å². The van der Waals surface area contributed by atoms with E-state index in [9.17, 15) is 10.1 Å². The van der Waals surface area contributed by atoms with E-state index < -0.39 is 0 Å². The van der Waals surface area contributed by atoms with Crippen LogP contribution in [0.5, 0.6) is 0 Å². The lowest BCUT2D eigenvalue weighted by molar-refractivity contribution is -0.481. The summed E-state index contributed by atoms with van der Waals surface area (Å²) in [6, 6.07) is 0. The molecule has 1 rings (SSSR count). The molecule has 0 bridgehead atoms. The predicted molar refractivity (Wildman–Crippen MR) is 41.4 cm³/mol. The fraction of sp³-hybridized carbons (Fsp3) is 1.00. The molecular formula is C7H13NO4. The Morgan fingerprint density at radius 2 is 2.08 bits per heavy atom. The van der Waals surface area contributed by atoms with Crippen LogP contribution in [0.1, 0.15) is 19.3 Å². The van der Waals surface area contributed by atoms with Crippen LogP contribution in [0, 0.1) is 10.1 Å². The molecule has 1 saturated heterocycles. The number of nitrogens with zero attached hydrogens (tertiary/aromatic N) is 1. The molecule has 1 fully saturated rings. The van der Waals surface area contributed by atoms with Crippen LogP contribution >= 0.6 is 0 Å². The average Bonchev–Trinajstić information content (AvgIpc) is 2.05. The maximum absolute atomic E-state index is 9.96. The first-order valence-corrected chi connectivity index (χ1v) is 4.14. The number of nitro groups is 1. The van der Waals surface area contributed by atoms with Crippen molar-refractivity contribution in [3.8, 4) is 0 Å². The van der Waals surface area contributed by atoms with Gasteiger partial charge in [0.15, 0.2) is 6.29 Å². The average molecular weight is 175 g/mol. The molecule has 0 aromatic heterocycles. The fourth-order valence-corrected chi connectivity index (χ4v) is 1.09. The Bertz CT molecular complexity index is 144. The predicted octanol–water partition coefficient (Wildman–Crippen LogP) is 0.806. The molecule has 0 aliphatic carbocycles. The SMILES string of the molecule is O=[N+]([O-])CCCC1OCCCO1. The van der Waals surface area contributed by atoms with Gasteiger partial charge in [0.1, 0.15) is 0 Å². The van der Waals surface area contributed by atoms with Gasteiger partial charge in [0.05, 0.1) is 13.2 Å². The lowest BCUT2D eigenvalue weighted by Crippen LogP contribution is -2.25. The summed E-state index contributed by atoms with van der Waals surface area (Å²) in [5, 5.41) is 9.96. The Hall–Kier alpha value is -0.680. The first-order valence-electron chi connectivity index (χ1n) is 4.14. The molecule has 12 heavy (non-hydrogen) atoms. The molecule has 0 unspecified atom stereocenters. The number of rotatable bonds is 4. The van der Waals surface area contributed by atoms with Crippen molar-refractivity contribution in [2.75, 3.05) is 19.8 Å². The quantitative estimate of drug-likeness (QED) is 0.468. The van der Waals surface area contributed by atoms with Crippen molar-refractivity contribution in [3.63, 3.8) is 0 Å². The van der Waals surface area contributed by atoms with Crippen molar-refractivity contribution >= 4 is 0 Å². The van der Waals surface area contributed by atoms with Crippen molar-refractivity contribution in [1.29, 1.82) is 0 Å². The number of hydrogen-bond donors (Lipinski definition) is 0. The van der Waals surface area contributed by atoms with Crippen molar-refractivity contribution in [2.24, 2.45) is 0 Å². The van der Waals surface area contributed by atoms with Crippen molar-refractivity contribution in [2.45, 2.75) is 25.6 Å². The van der Waals surface area contributed by atoms with Crippen LogP contribution in [0.15, 0.2) is 0 Å². The zero-order chi connectivity index (χ0) is 8.81. The maximum atomic E-state index is 9.96. The Morgan fingerprint density at radius 3 is 2.67 bits per heavy atom. The largest absolute Gasteiger partial charge is 0.353 e. The molecule has 5 heteroatoms.